The minimum absolute atomic E-state index is 0.210. The number of rotatable bonds is 3. The third-order valence-electron chi connectivity index (χ3n) is 5.20. The molecule has 0 amide bonds. The molecule has 0 fully saturated rings. The highest BCUT2D eigenvalue weighted by atomic mass is 32.1. The SMILES string of the molecule is CN(C)c1ccc([C@@H]2Oc3ccccc3[C@H]3CC(c4cccs4)=NN32)cc1. The van der Waals surface area contributed by atoms with Gasteiger partial charge in [-0.05, 0) is 29.6 Å². The Labute approximate surface area is 163 Å². The van der Waals surface area contributed by atoms with Gasteiger partial charge in [0.25, 0.3) is 0 Å². The summed E-state index contributed by atoms with van der Waals surface area (Å²) in [5.74, 6) is 0.961. The average Bonchev–Trinajstić information content (AvgIpc) is 3.37. The van der Waals surface area contributed by atoms with E-state index >= 15 is 0 Å². The molecule has 136 valence electrons. The highest BCUT2D eigenvalue weighted by Crippen LogP contribution is 2.47. The molecule has 27 heavy (non-hydrogen) atoms. The van der Waals surface area contributed by atoms with Gasteiger partial charge in [0.1, 0.15) is 5.75 Å². The molecule has 2 aliphatic rings. The summed E-state index contributed by atoms with van der Waals surface area (Å²) >= 11 is 1.75. The standard InChI is InChI=1S/C22H21N3OS/c1-24(2)16-11-9-15(10-12-16)22-25-19(17-6-3-4-7-20(17)26-22)14-18(23-25)21-8-5-13-27-21/h3-13,19,22H,14H2,1-2H3/t19-,22+/m1/s1. The molecule has 2 aliphatic heterocycles. The van der Waals surface area contributed by atoms with Gasteiger partial charge in [-0.2, -0.15) is 5.10 Å². The molecule has 2 aromatic carbocycles. The van der Waals surface area contributed by atoms with Gasteiger partial charge in [-0.1, -0.05) is 36.4 Å². The van der Waals surface area contributed by atoms with Gasteiger partial charge >= 0.3 is 0 Å². The van der Waals surface area contributed by atoms with Crippen molar-refractivity contribution in [3.05, 3.63) is 82.0 Å². The smallest absolute Gasteiger partial charge is 0.213 e. The van der Waals surface area contributed by atoms with Gasteiger partial charge in [-0.3, -0.25) is 0 Å². The van der Waals surface area contributed by atoms with Crippen LogP contribution in [0, 0.1) is 0 Å². The molecule has 0 saturated heterocycles. The summed E-state index contributed by atoms with van der Waals surface area (Å²) in [4.78, 5) is 3.34. The summed E-state index contributed by atoms with van der Waals surface area (Å²) in [6.45, 7) is 0. The van der Waals surface area contributed by atoms with Crippen molar-refractivity contribution in [1.82, 2.24) is 5.01 Å². The number of hydrazone groups is 1. The van der Waals surface area contributed by atoms with Crippen LogP contribution in [0.5, 0.6) is 5.75 Å². The molecule has 0 aliphatic carbocycles. The number of fused-ring (bicyclic) bond motifs is 3. The molecule has 0 bridgehead atoms. The van der Waals surface area contributed by atoms with Crippen molar-refractivity contribution in [3.63, 3.8) is 0 Å². The Kier molecular flexibility index (Phi) is 3.90. The third-order valence-corrected chi connectivity index (χ3v) is 6.12. The zero-order chi connectivity index (χ0) is 18.4. The summed E-state index contributed by atoms with van der Waals surface area (Å²) in [5, 5.41) is 9.24. The molecule has 0 radical (unpaired) electrons. The third kappa shape index (κ3) is 2.79. The lowest BCUT2D eigenvalue weighted by molar-refractivity contribution is -0.0190. The van der Waals surface area contributed by atoms with Crippen molar-refractivity contribution in [2.75, 3.05) is 19.0 Å². The Morgan fingerprint density at radius 3 is 2.59 bits per heavy atom. The molecule has 2 atom stereocenters. The van der Waals surface area contributed by atoms with Crippen LogP contribution in [0.3, 0.4) is 0 Å². The van der Waals surface area contributed by atoms with E-state index in [1.54, 1.807) is 11.3 Å². The number of benzene rings is 2. The number of ether oxygens (including phenoxy) is 1. The second-order valence-corrected chi connectivity index (χ2v) is 8.07. The maximum Gasteiger partial charge on any atom is 0.213 e. The van der Waals surface area contributed by atoms with Gasteiger partial charge in [0.05, 0.1) is 16.6 Å². The van der Waals surface area contributed by atoms with E-state index in [0.717, 1.165) is 23.4 Å². The van der Waals surface area contributed by atoms with E-state index in [9.17, 15) is 0 Å². The zero-order valence-corrected chi connectivity index (χ0v) is 16.2. The number of hydrogen-bond acceptors (Lipinski definition) is 5. The molecule has 5 rings (SSSR count). The minimum Gasteiger partial charge on any atom is -0.464 e. The number of hydrogen-bond donors (Lipinski definition) is 0. The van der Waals surface area contributed by atoms with Crippen LogP contribution in [0.1, 0.15) is 34.7 Å². The zero-order valence-electron chi connectivity index (χ0n) is 15.4. The molecule has 3 heterocycles. The largest absolute Gasteiger partial charge is 0.464 e. The highest BCUT2D eigenvalue weighted by Gasteiger charge is 2.40. The van der Waals surface area contributed by atoms with Crippen molar-refractivity contribution in [2.45, 2.75) is 18.7 Å². The van der Waals surface area contributed by atoms with Crippen molar-refractivity contribution >= 4 is 22.7 Å². The lowest BCUT2D eigenvalue weighted by Gasteiger charge is -2.38. The second-order valence-electron chi connectivity index (χ2n) is 7.12. The fraction of sp³-hybridized carbons (Fsp3) is 0.227. The first kappa shape index (κ1) is 16.4. The van der Waals surface area contributed by atoms with Gasteiger partial charge in [0, 0.05) is 37.3 Å². The minimum atomic E-state index is -0.210. The molecule has 0 spiro atoms. The van der Waals surface area contributed by atoms with Gasteiger partial charge in [0.2, 0.25) is 6.23 Å². The van der Waals surface area contributed by atoms with Crippen LogP contribution in [0.2, 0.25) is 0 Å². The fourth-order valence-corrected chi connectivity index (χ4v) is 4.50. The Balaban J connectivity index is 1.56. The van der Waals surface area contributed by atoms with Crippen LogP contribution in [0.25, 0.3) is 0 Å². The van der Waals surface area contributed by atoms with E-state index < -0.39 is 0 Å². The van der Waals surface area contributed by atoms with E-state index in [1.165, 1.54) is 16.1 Å². The molecule has 3 aromatic rings. The maximum absolute atomic E-state index is 6.41. The predicted molar refractivity (Wildman–Crippen MR) is 111 cm³/mol. The maximum atomic E-state index is 6.41. The number of para-hydroxylation sites is 1. The summed E-state index contributed by atoms with van der Waals surface area (Å²) in [6.07, 6.45) is 0.700. The summed E-state index contributed by atoms with van der Waals surface area (Å²) in [7, 11) is 4.10. The summed E-state index contributed by atoms with van der Waals surface area (Å²) in [5.41, 5.74) is 4.66. The molecule has 0 N–H and O–H groups in total. The summed E-state index contributed by atoms with van der Waals surface area (Å²) in [6, 6.07) is 21.3. The lowest BCUT2D eigenvalue weighted by Crippen LogP contribution is -2.33. The van der Waals surface area contributed by atoms with E-state index in [0.29, 0.717) is 0 Å². The fourth-order valence-electron chi connectivity index (χ4n) is 3.78. The first-order valence-electron chi connectivity index (χ1n) is 9.13. The van der Waals surface area contributed by atoms with Crippen LogP contribution in [0.4, 0.5) is 5.69 Å². The first-order chi connectivity index (χ1) is 13.2. The van der Waals surface area contributed by atoms with Gasteiger partial charge in [-0.25, -0.2) is 5.01 Å². The van der Waals surface area contributed by atoms with E-state index in [1.807, 2.05) is 6.07 Å². The number of anilines is 1. The highest BCUT2D eigenvalue weighted by molar-refractivity contribution is 7.12. The first-order valence-corrected chi connectivity index (χ1v) is 10.0. The van der Waals surface area contributed by atoms with Crippen LogP contribution in [0.15, 0.2) is 71.1 Å². The number of thiophene rings is 1. The average molecular weight is 375 g/mol. The normalized spacial score (nSPS) is 20.5. The monoisotopic (exact) mass is 375 g/mol. The Bertz CT molecular complexity index is 979. The molecule has 4 nitrogen and oxygen atoms in total. The Morgan fingerprint density at radius 1 is 1.04 bits per heavy atom. The van der Waals surface area contributed by atoms with Crippen molar-refractivity contribution in [1.29, 1.82) is 0 Å². The van der Waals surface area contributed by atoms with Crippen molar-refractivity contribution in [3.8, 4) is 5.75 Å². The van der Waals surface area contributed by atoms with Crippen LogP contribution >= 0.6 is 11.3 Å². The van der Waals surface area contributed by atoms with Crippen LogP contribution in [-0.2, 0) is 0 Å². The van der Waals surface area contributed by atoms with Crippen molar-refractivity contribution in [2.24, 2.45) is 5.10 Å². The molecule has 0 saturated carbocycles. The topological polar surface area (TPSA) is 28.1 Å². The van der Waals surface area contributed by atoms with E-state index in [-0.39, 0.29) is 12.3 Å². The van der Waals surface area contributed by atoms with Gasteiger partial charge in [-0.15, -0.1) is 11.3 Å². The van der Waals surface area contributed by atoms with E-state index in [2.05, 4.69) is 84.0 Å². The van der Waals surface area contributed by atoms with Crippen molar-refractivity contribution < 1.29 is 4.74 Å². The van der Waals surface area contributed by atoms with E-state index in [4.69, 9.17) is 9.84 Å². The molecule has 0 unspecified atom stereocenters. The molecule has 1 aromatic heterocycles. The summed E-state index contributed by atoms with van der Waals surface area (Å²) < 4.78 is 6.41. The second kappa shape index (κ2) is 6.43. The number of nitrogens with zero attached hydrogens (tertiary/aromatic N) is 3. The molecular weight excluding hydrogens is 354 g/mol. The van der Waals surface area contributed by atoms with Crippen LogP contribution < -0.4 is 9.64 Å². The molecular formula is C22H21N3OS. The predicted octanol–water partition coefficient (Wildman–Crippen LogP) is 5.06. The van der Waals surface area contributed by atoms with Crippen LogP contribution in [-0.4, -0.2) is 24.8 Å². The molecule has 5 heteroatoms. The Morgan fingerprint density at radius 2 is 1.85 bits per heavy atom. The van der Waals surface area contributed by atoms with Gasteiger partial charge in [0.15, 0.2) is 0 Å². The lowest BCUT2D eigenvalue weighted by atomic mass is 9.97. The van der Waals surface area contributed by atoms with Gasteiger partial charge < -0.3 is 9.64 Å². The quantitative estimate of drug-likeness (QED) is 0.641. The Hall–Kier alpha value is -2.79.